The number of nitrogens with zero attached hydrogens (tertiary/aromatic N) is 1. The molecule has 0 fully saturated rings. The van der Waals surface area contributed by atoms with Crippen LogP contribution in [-0.4, -0.2) is 44.0 Å². The lowest BCUT2D eigenvalue weighted by Crippen LogP contribution is -2.37. The number of carbonyl (C=O) groups excluding carboxylic acids is 2. The number of hydrogen-bond acceptors (Lipinski definition) is 5. The Balaban J connectivity index is 2.17. The van der Waals surface area contributed by atoms with Gasteiger partial charge in [0, 0.05) is 0 Å². The Morgan fingerprint density at radius 2 is 1.63 bits per heavy atom. The molecule has 19 heavy (non-hydrogen) atoms. The van der Waals surface area contributed by atoms with Crippen LogP contribution in [0.5, 0.6) is 0 Å². The standard InChI is InChI=1S/C12H13NO5S/c1-8(18-19(2,16)17)7-13-11(14)9-5-3-4-6-10(9)12(13)15/h3-6,8H,7H2,1-2H3. The molecule has 0 saturated carbocycles. The van der Waals surface area contributed by atoms with Crippen LogP contribution < -0.4 is 0 Å². The van der Waals surface area contributed by atoms with Gasteiger partial charge in [0.25, 0.3) is 21.9 Å². The Hall–Kier alpha value is -1.73. The topological polar surface area (TPSA) is 80.8 Å². The minimum absolute atomic E-state index is 0.0978. The number of carbonyl (C=O) groups is 2. The first-order chi connectivity index (χ1) is 8.79. The summed E-state index contributed by atoms with van der Waals surface area (Å²) in [5, 5.41) is 0. The van der Waals surface area contributed by atoms with Gasteiger partial charge in [0.15, 0.2) is 0 Å². The SMILES string of the molecule is CC(CN1C(=O)c2ccccc2C1=O)OS(C)(=O)=O. The average Bonchev–Trinajstić information content (AvgIpc) is 2.53. The fourth-order valence-corrected chi connectivity index (χ4v) is 2.65. The van der Waals surface area contributed by atoms with Crippen molar-refractivity contribution in [2.75, 3.05) is 12.8 Å². The lowest BCUT2D eigenvalue weighted by atomic mass is 10.1. The smallest absolute Gasteiger partial charge is 0.264 e. The van der Waals surface area contributed by atoms with Crippen molar-refractivity contribution in [3.8, 4) is 0 Å². The highest BCUT2D eigenvalue weighted by molar-refractivity contribution is 7.86. The molecule has 1 aromatic carbocycles. The molecule has 0 aliphatic carbocycles. The Labute approximate surface area is 111 Å². The highest BCUT2D eigenvalue weighted by Gasteiger charge is 2.36. The first-order valence-electron chi connectivity index (χ1n) is 5.63. The fourth-order valence-electron chi connectivity index (χ4n) is 1.99. The normalized spacial score (nSPS) is 16.6. The van der Waals surface area contributed by atoms with Crippen LogP contribution in [0.3, 0.4) is 0 Å². The Kier molecular flexibility index (Phi) is 3.42. The maximum Gasteiger partial charge on any atom is 0.264 e. The van der Waals surface area contributed by atoms with Crippen molar-refractivity contribution in [2.45, 2.75) is 13.0 Å². The number of amides is 2. The molecule has 6 nitrogen and oxygen atoms in total. The van der Waals surface area contributed by atoms with Crippen molar-refractivity contribution < 1.29 is 22.2 Å². The molecule has 102 valence electrons. The molecule has 2 amide bonds. The minimum Gasteiger partial charge on any atom is -0.272 e. The summed E-state index contributed by atoms with van der Waals surface area (Å²) in [5.74, 6) is -0.853. The van der Waals surface area contributed by atoms with Gasteiger partial charge in [-0.3, -0.25) is 18.7 Å². The van der Waals surface area contributed by atoms with E-state index in [1.165, 1.54) is 6.92 Å². The van der Waals surface area contributed by atoms with Crippen LogP contribution in [0.1, 0.15) is 27.6 Å². The van der Waals surface area contributed by atoms with E-state index < -0.39 is 28.0 Å². The summed E-state index contributed by atoms with van der Waals surface area (Å²) in [6, 6.07) is 6.48. The molecule has 1 heterocycles. The number of fused-ring (bicyclic) bond motifs is 1. The van der Waals surface area contributed by atoms with Crippen molar-refractivity contribution in [1.82, 2.24) is 4.90 Å². The van der Waals surface area contributed by atoms with Crippen LogP contribution >= 0.6 is 0 Å². The quantitative estimate of drug-likeness (QED) is 0.598. The lowest BCUT2D eigenvalue weighted by molar-refractivity contribution is 0.0588. The summed E-state index contributed by atoms with van der Waals surface area (Å²) in [4.78, 5) is 25.0. The fraction of sp³-hybridized carbons (Fsp3) is 0.333. The molecule has 0 radical (unpaired) electrons. The minimum atomic E-state index is -3.62. The van der Waals surface area contributed by atoms with Gasteiger partial charge in [-0.1, -0.05) is 12.1 Å². The largest absolute Gasteiger partial charge is 0.272 e. The molecule has 1 aliphatic heterocycles. The van der Waals surface area contributed by atoms with Gasteiger partial charge in [-0.2, -0.15) is 8.42 Å². The monoisotopic (exact) mass is 283 g/mol. The van der Waals surface area contributed by atoms with Crippen molar-refractivity contribution in [3.05, 3.63) is 35.4 Å². The van der Waals surface area contributed by atoms with Crippen LogP contribution in [0, 0.1) is 0 Å². The average molecular weight is 283 g/mol. The number of hydrogen-bond donors (Lipinski definition) is 0. The summed E-state index contributed by atoms with van der Waals surface area (Å²) in [6.07, 6.45) is 0.142. The van der Waals surface area contributed by atoms with Crippen molar-refractivity contribution in [2.24, 2.45) is 0 Å². The molecule has 1 unspecified atom stereocenters. The van der Waals surface area contributed by atoms with Crippen molar-refractivity contribution in [3.63, 3.8) is 0 Å². The molecule has 0 aromatic heterocycles. The maximum atomic E-state index is 12.0. The molecule has 7 heteroatoms. The molecular formula is C12H13NO5S. The highest BCUT2D eigenvalue weighted by atomic mass is 32.2. The van der Waals surface area contributed by atoms with Gasteiger partial charge < -0.3 is 0 Å². The molecule has 0 spiro atoms. The summed E-state index contributed by atoms with van der Waals surface area (Å²) in [7, 11) is -3.62. The van der Waals surface area contributed by atoms with Crippen molar-refractivity contribution >= 4 is 21.9 Å². The second-order valence-corrected chi connectivity index (χ2v) is 5.98. The third kappa shape index (κ3) is 2.82. The first-order valence-corrected chi connectivity index (χ1v) is 7.45. The van der Waals surface area contributed by atoms with E-state index in [0.29, 0.717) is 11.1 Å². The van der Waals surface area contributed by atoms with Gasteiger partial charge >= 0.3 is 0 Å². The van der Waals surface area contributed by atoms with E-state index in [-0.39, 0.29) is 6.54 Å². The number of benzene rings is 1. The van der Waals surface area contributed by atoms with E-state index in [0.717, 1.165) is 11.2 Å². The second-order valence-electron chi connectivity index (χ2n) is 4.38. The molecule has 0 N–H and O–H groups in total. The van der Waals surface area contributed by atoms with Gasteiger partial charge in [-0.05, 0) is 19.1 Å². The Morgan fingerprint density at radius 3 is 2.05 bits per heavy atom. The van der Waals surface area contributed by atoms with Gasteiger partial charge in [-0.15, -0.1) is 0 Å². The van der Waals surface area contributed by atoms with E-state index in [1.54, 1.807) is 24.3 Å². The number of imide groups is 1. The van der Waals surface area contributed by atoms with Gasteiger partial charge in [0.1, 0.15) is 0 Å². The van der Waals surface area contributed by atoms with E-state index in [1.807, 2.05) is 0 Å². The van der Waals surface area contributed by atoms with Crippen molar-refractivity contribution in [1.29, 1.82) is 0 Å². The first kappa shape index (κ1) is 13.7. The zero-order chi connectivity index (χ0) is 14.2. The van der Waals surface area contributed by atoms with E-state index in [9.17, 15) is 18.0 Å². The summed E-state index contributed by atoms with van der Waals surface area (Å²) in [6.45, 7) is 1.39. The van der Waals surface area contributed by atoms with Crippen LogP contribution in [0.25, 0.3) is 0 Å². The third-order valence-electron chi connectivity index (χ3n) is 2.66. The van der Waals surface area contributed by atoms with Crippen LogP contribution in [0.2, 0.25) is 0 Å². The second kappa shape index (κ2) is 4.75. The van der Waals surface area contributed by atoms with Crippen LogP contribution in [0.15, 0.2) is 24.3 Å². The third-order valence-corrected chi connectivity index (χ3v) is 3.34. The van der Waals surface area contributed by atoms with Crippen LogP contribution in [-0.2, 0) is 14.3 Å². The summed E-state index contributed by atoms with van der Waals surface area (Å²) < 4.78 is 26.7. The highest BCUT2D eigenvalue weighted by Crippen LogP contribution is 2.22. The molecule has 1 aromatic rings. The predicted molar refractivity (Wildman–Crippen MR) is 67.2 cm³/mol. The van der Waals surface area contributed by atoms with E-state index in [4.69, 9.17) is 4.18 Å². The van der Waals surface area contributed by atoms with Gasteiger partial charge in [-0.25, -0.2) is 0 Å². The van der Waals surface area contributed by atoms with Gasteiger partial charge in [0.2, 0.25) is 0 Å². The van der Waals surface area contributed by atoms with Crippen LogP contribution in [0.4, 0.5) is 0 Å². The maximum absolute atomic E-state index is 12.0. The molecule has 0 bridgehead atoms. The number of rotatable bonds is 4. The predicted octanol–water partition coefficient (Wildman–Crippen LogP) is 0.647. The van der Waals surface area contributed by atoms with E-state index >= 15 is 0 Å². The zero-order valence-corrected chi connectivity index (χ0v) is 11.3. The molecule has 1 atom stereocenters. The lowest BCUT2D eigenvalue weighted by Gasteiger charge is -2.18. The zero-order valence-electron chi connectivity index (χ0n) is 10.5. The Bertz CT molecular complexity index is 602. The van der Waals surface area contributed by atoms with Gasteiger partial charge in [0.05, 0.1) is 30.0 Å². The molecule has 1 aliphatic rings. The summed E-state index contributed by atoms with van der Waals surface area (Å²) >= 11 is 0. The summed E-state index contributed by atoms with van der Waals surface area (Å²) in [5.41, 5.74) is 0.665. The molecular weight excluding hydrogens is 270 g/mol. The van der Waals surface area contributed by atoms with E-state index in [2.05, 4.69) is 0 Å². The molecule has 0 saturated heterocycles. The Morgan fingerprint density at radius 1 is 1.16 bits per heavy atom. The molecule has 2 rings (SSSR count).